The van der Waals surface area contributed by atoms with Crippen molar-refractivity contribution in [2.45, 2.75) is 0 Å². The second-order valence-corrected chi connectivity index (χ2v) is 2.15. The van der Waals surface area contributed by atoms with Gasteiger partial charge in [-0.1, -0.05) is 6.07 Å². The monoisotopic (exact) mass is 164 g/mol. The van der Waals surface area contributed by atoms with Crippen LogP contribution in [0.4, 0.5) is 0 Å². The first kappa shape index (κ1) is 8.26. The van der Waals surface area contributed by atoms with Crippen LogP contribution in [0.5, 0.6) is 0 Å². The molecule has 0 aliphatic carbocycles. The van der Waals surface area contributed by atoms with Crippen LogP contribution in [-0.4, -0.2) is 16.1 Å². The van der Waals surface area contributed by atoms with E-state index in [4.69, 9.17) is 10.8 Å². The highest BCUT2D eigenvalue weighted by Crippen LogP contribution is 2.02. The van der Waals surface area contributed by atoms with Gasteiger partial charge in [-0.3, -0.25) is 4.98 Å². The highest BCUT2D eigenvalue weighted by atomic mass is 16.4. The maximum absolute atomic E-state index is 10.2. The van der Waals surface area contributed by atoms with Crippen molar-refractivity contribution in [3.8, 4) is 0 Å². The summed E-state index contributed by atoms with van der Waals surface area (Å²) in [6.07, 6.45) is 2.47. The average Bonchev–Trinajstić information content (AvgIpc) is 2.05. The number of carboxylic acid groups (broad SMARTS) is 1. The van der Waals surface area contributed by atoms with Crippen LogP contribution in [0.1, 0.15) is 5.69 Å². The Hall–Kier alpha value is -1.84. The van der Waals surface area contributed by atoms with Crippen LogP contribution in [0.2, 0.25) is 0 Å². The first-order chi connectivity index (χ1) is 5.70. The Balaban J connectivity index is 2.93. The summed E-state index contributed by atoms with van der Waals surface area (Å²) < 4.78 is 0. The minimum atomic E-state index is -1.07. The average molecular weight is 164 g/mol. The molecule has 1 heterocycles. The lowest BCUT2D eigenvalue weighted by Gasteiger charge is -1.96. The van der Waals surface area contributed by atoms with E-state index in [1.54, 1.807) is 24.4 Å². The second kappa shape index (κ2) is 3.52. The normalized spacial score (nSPS) is 11.2. The number of pyridine rings is 1. The summed E-state index contributed by atoms with van der Waals surface area (Å²) in [5.41, 5.74) is 6.04. The van der Waals surface area contributed by atoms with E-state index in [0.717, 1.165) is 6.08 Å². The number of hydrogen-bond acceptors (Lipinski definition) is 3. The first-order valence-corrected chi connectivity index (χ1v) is 3.31. The number of carbonyl (C=O) groups is 1. The molecule has 3 N–H and O–H groups in total. The quantitative estimate of drug-likeness (QED) is 0.623. The van der Waals surface area contributed by atoms with E-state index in [-0.39, 0.29) is 5.70 Å². The molecule has 12 heavy (non-hydrogen) atoms. The van der Waals surface area contributed by atoms with Gasteiger partial charge in [0.2, 0.25) is 0 Å². The van der Waals surface area contributed by atoms with Crippen molar-refractivity contribution in [1.29, 1.82) is 0 Å². The summed E-state index contributed by atoms with van der Waals surface area (Å²) in [5.74, 6) is -1.07. The highest BCUT2D eigenvalue weighted by Gasteiger charge is 1.98. The van der Waals surface area contributed by atoms with Gasteiger partial charge in [-0.15, -0.1) is 0 Å². The lowest BCUT2D eigenvalue weighted by molar-refractivity contribution is -0.131. The van der Waals surface area contributed by atoms with Gasteiger partial charge in [0.25, 0.3) is 0 Å². The minimum absolute atomic E-state index is 0.156. The third-order valence-corrected chi connectivity index (χ3v) is 1.24. The van der Waals surface area contributed by atoms with Crippen LogP contribution in [0.25, 0.3) is 5.70 Å². The Morgan fingerprint density at radius 3 is 2.83 bits per heavy atom. The third-order valence-electron chi connectivity index (χ3n) is 1.24. The van der Waals surface area contributed by atoms with Crippen LogP contribution < -0.4 is 5.73 Å². The molecule has 0 saturated heterocycles. The number of nitrogens with zero attached hydrogens (tertiary/aromatic N) is 1. The van der Waals surface area contributed by atoms with E-state index in [2.05, 4.69) is 4.98 Å². The standard InChI is InChI=1S/C8H8N2O2/c9-6(5-8(11)12)7-3-1-2-4-10-7/h1-5H,9H2,(H,11,12)/b6-5-. The van der Waals surface area contributed by atoms with E-state index >= 15 is 0 Å². The van der Waals surface area contributed by atoms with E-state index in [1.165, 1.54) is 0 Å². The molecule has 1 aromatic rings. The smallest absolute Gasteiger partial charge is 0.330 e. The minimum Gasteiger partial charge on any atom is -0.478 e. The molecule has 1 aromatic heterocycles. The number of rotatable bonds is 2. The highest BCUT2D eigenvalue weighted by molar-refractivity contribution is 5.88. The van der Waals surface area contributed by atoms with Gasteiger partial charge in [-0.25, -0.2) is 4.79 Å². The molecule has 0 bridgehead atoms. The fraction of sp³-hybridized carbons (Fsp3) is 0. The van der Waals surface area contributed by atoms with Crippen molar-refractivity contribution >= 4 is 11.7 Å². The topological polar surface area (TPSA) is 76.2 Å². The maximum Gasteiger partial charge on any atom is 0.330 e. The van der Waals surface area contributed by atoms with Gasteiger partial charge in [0.15, 0.2) is 0 Å². The van der Waals surface area contributed by atoms with Gasteiger partial charge in [0.05, 0.1) is 11.4 Å². The fourth-order valence-corrected chi connectivity index (χ4v) is 0.740. The molecule has 0 fully saturated rings. The molecule has 0 saturated carbocycles. The summed E-state index contributed by atoms with van der Waals surface area (Å²) in [4.78, 5) is 14.1. The van der Waals surface area contributed by atoms with Gasteiger partial charge in [0.1, 0.15) is 0 Å². The molecule has 0 aliphatic heterocycles. The fourth-order valence-electron chi connectivity index (χ4n) is 0.740. The Bertz CT molecular complexity index is 306. The largest absolute Gasteiger partial charge is 0.478 e. The summed E-state index contributed by atoms with van der Waals surface area (Å²) >= 11 is 0. The third kappa shape index (κ3) is 2.09. The number of hydrogen-bond donors (Lipinski definition) is 2. The predicted molar refractivity (Wildman–Crippen MR) is 44.0 cm³/mol. The summed E-state index contributed by atoms with van der Waals surface area (Å²) in [6, 6.07) is 5.12. The predicted octanol–water partition coefficient (Wildman–Crippen LogP) is 0.466. The summed E-state index contributed by atoms with van der Waals surface area (Å²) in [7, 11) is 0. The van der Waals surface area contributed by atoms with Crippen molar-refractivity contribution in [1.82, 2.24) is 4.98 Å². The van der Waals surface area contributed by atoms with Gasteiger partial charge in [0, 0.05) is 12.3 Å². The molecule has 0 radical (unpaired) electrons. The van der Waals surface area contributed by atoms with E-state index < -0.39 is 5.97 Å². The van der Waals surface area contributed by atoms with E-state index in [1.807, 2.05) is 0 Å². The molecule has 0 unspecified atom stereocenters. The van der Waals surface area contributed by atoms with Gasteiger partial charge in [-0.05, 0) is 12.1 Å². The summed E-state index contributed by atoms with van der Waals surface area (Å²) in [6.45, 7) is 0. The van der Waals surface area contributed by atoms with Crippen LogP contribution >= 0.6 is 0 Å². The molecule has 1 rings (SSSR count). The maximum atomic E-state index is 10.2. The van der Waals surface area contributed by atoms with Crippen LogP contribution in [0.3, 0.4) is 0 Å². The van der Waals surface area contributed by atoms with Crippen molar-refractivity contribution < 1.29 is 9.90 Å². The lowest BCUT2D eigenvalue weighted by atomic mass is 10.3. The number of nitrogens with two attached hydrogens (primary N) is 1. The number of carboxylic acids is 1. The van der Waals surface area contributed by atoms with Crippen LogP contribution in [0.15, 0.2) is 30.5 Å². The van der Waals surface area contributed by atoms with Crippen molar-refractivity contribution in [2.24, 2.45) is 5.73 Å². The molecular formula is C8H8N2O2. The molecule has 0 atom stereocenters. The lowest BCUT2D eigenvalue weighted by Crippen LogP contribution is -2.02. The molecule has 0 amide bonds. The van der Waals surface area contributed by atoms with E-state index in [9.17, 15) is 4.79 Å². The molecule has 62 valence electrons. The summed E-state index contributed by atoms with van der Waals surface area (Å²) in [5, 5.41) is 8.36. The number of aromatic nitrogens is 1. The molecule has 4 heteroatoms. The first-order valence-electron chi connectivity index (χ1n) is 3.31. The Kier molecular flexibility index (Phi) is 2.42. The van der Waals surface area contributed by atoms with Crippen molar-refractivity contribution in [3.05, 3.63) is 36.2 Å². The molecule has 4 nitrogen and oxygen atoms in total. The second-order valence-electron chi connectivity index (χ2n) is 2.15. The van der Waals surface area contributed by atoms with Crippen molar-refractivity contribution in [3.63, 3.8) is 0 Å². The zero-order chi connectivity index (χ0) is 8.97. The molecule has 0 aromatic carbocycles. The molecule has 0 spiro atoms. The Morgan fingerprint density at radius 2 is 2.33 bits per heavy atom. The van der Waals surface area contributed by atoms with Gasteiger partial charge < -0.3 is 10.8 Å². The zero-order valence-corrected chi connectivity index (χ0v) is 6.27. The molecular weight excluding hydrogens is 156 g/mol. The van der Waals surface area contributed by atoms with E-state index in [0.29, 0.717) is 5.69 Å². The van der Waals surface area contributed by atoms with Crippen molar-refractivity contribution in [2.75, 3.05) is 0 Å². The van der Waals surface area contributed by atoms with Crippen LogP contribution in [-0.2, 0) is 4.79 Å². The van der Waals surface area contributed by atoms with Crippen LogP contribution in [0, 0.1) is 0 Å². The Labute approximate surface area is 69.4 Å². The Morgan fingerprint density at radius 1 is 1.58 bits per heavy atom. The molecule has 0 aliphatic rings. The van der Waals surface area contributed by atoms with Gasteiger partial charge in [-0.2, -0.15) is 0 Å². The number of aliphatic carboxylic acids is 1. The van der Waals surface area contributed by atoms with Gasteiger partial charge >= 0.3 is 5.97 Å². The SMILES string of the molecule is N/C(=C\C(=O)O)c1ccccn1. The zero-order valence-electron chi connectivity index (χ0n) is 6.27.